The number of ether oxygens (including phenoxy) is 4. The number of anilines is 1. The first kappa shape index (κ1) is 40.7. The van der Waals surface area contributed by atoms with Crippen LogP contribution < -0.4 is 24.3 Å². The first-order chi connectivity index (χ1) is 25.8. The Balaban J connectivity index is 1.31. The average molecular weight is 751 g/mol. The van der Waals surface area contributed by atoms with E-state index in [9.17, 15) is 37.5 Å². The number of benzene rings is 4. The van der Waals surface area contributed by atoms with Crippen LogP contribution in [0, 0.1) is 0 Å². The predicted molar refractivity (Wildman–Crippen MR) is 193 cm³/mol. The molecular formula is C40H41F3N2O9. The van der Waals surface area contributed by atoms with Crippen LogP contribution in [0.1, 0.15) is 70.9 Å². The summed E-state index contributed by atoms with van der Waals surface area (Å²) in [7, 11) is 1.25. The molecule has 0 saturated heterocycles. The summed E-state index contributed by atoms with van der Waals surface area (Å²) in [5, 5.41) is 12.1. The fraction of sp³-hybridized carbons (Fsp3) is 0.300. The van der Waals surface area contributed by atoms with Gasteiger partial charge in [0.25, 0.3) is 5.91 Å². The molecule has 0 fully saturated rings. The molecule has 0 bridgehead atoms. The number of unbranched alkanes of at least 4 members (excludes halogenated alkanes) is 4. The number of carbonyl (C=O) groups excluding carboxylic acids is 3. The summed E-state index contributed by atoms with van der Waals surface area (Å²) < 4.78 is 57.9. The fourth-order valence-electron chi connectivity index (χ4n) is 5.32. The number of hydrogen-bond acceptors (Lipinski definition) is 8. The van der Waals surface area contributed by atoms with Gasteiger partial charge in [0.1, 0.15) is 29.5 Å². The third-order valence-electron chi connectivity index (χ3n) is 7.99. The fourth-order valence-corrected chi connectivity index (χ4v) is 5.32. The first-order valence-electron chi connectivity index (χ1n) is 17.2. The number of carboxylic acid groups (broad SMARTS) is 1. The smallest absolute Gasteiger partial charge is 0.496 e. The number of halogens is 3. The van der Waals surface area contributed by atoms with Crippen molar-refractivity contribution in [1.82, 2.24) is 4.90 Å². The third kappa shape index (κ3) is 13.2. The molecule has 4 aromatic rings. The second-order valence-corrected chi connectivity index (χ2v) is 12.2. The third-order valence-corrected chi connectivity index (χ3v) is 7.99. The number of hydrogen-bond donors (Lipinski definition) is 2. The van der Waals surface area contributed by atoms with Crippen LogP contribution in [0.2, 0.25) is 0 Å². The zero-order valence-corrected chi connectivity index (χ0v) is 29.8. The lowest BCUT2D eigenvalue weighted by molar-refractivity contribution is -0.274. The molecule has 0 aliphatic heterocycles. The van der Waals surface area contributed by atoms with Gasteiger partial charge in [0.2, 0.25) is 5.91 Å². The van der Waals surface area contributed by atoms with Crippen molar-refractivity contribution >= 4 is 29.4 Å². The summed E-state index contributed by atoms with van der Waals surface area (Å²) in [5.41, 5.74) is 1.71. The molecule has 0 spiro atoms. The largest absolute Gasteiger partial charge is 0.573 e. The number of rotatable bonds is 19. The Hall–Kier alpha value is -6.05. The van der Waals surface area contributed by atoms with Gasteiger partial charge in [0.15, 0.2) is 0 Å². The minimum atomic E-state index is -4.89. The number of carboxylic acids is 1. The maximum absolute atomic E-state index is 13.4. The van der Waals surface area contributed by atoms with Crippen LogP contribution in [0.15, 0.2) is 91.0 Å². The number of aliphatic carboxylic acids is 1. The molecule has 11 nitrogen and oxygen atoms in total. The molecule has 0 unspecified atom stereocenters. The topological polar surface area (TPSA) is 141 Å². The number of alkyl halides is 3. The summed E-state index contributed by atoms with van der Waals surface area (Å²) >= 11 is 0. The van der Waals surface area contributed by atoms with Crippen molar-refractivity contribution in [3.05, 3.63) is 113 Å². The van der Waals surface area contributed by atoms with E-state index < -0.39 is 42.4 Å². The van der Waals surface area contributed by atoms with Crippen molar-refractivity contribution in [1.29, 1.82) is 0 Å². The molecule has 286 valence electrons. The van der Waals surface area contributed by atoms with Gasteiger partial charge in [-0.1, -0.05) is 50.8 Å². The zero-order valence-electron chi connectivity index (χ0n) is 29.8. The van der Waals surface area contributed by atoms with E-state index >= 15 is 0 Å². The van der Waals surface area contributed by atoms with Crippen molar-refractivity contribution in [2.75, 3.05) is 25.6 Å². The van der Waals surface area contributed by atoms with Gasteiger partial charge in [-0.25, -0.2) is 4.79 Å². The Morgan fingerprint density at radius 3 is 2.04 bits per heavy atom. The Kier molecular flexibility index (Phi) is 14.8. The number of nitrogens with zero attached hydrogens (tertiary/aromatic N) is 1. The van der Waals surface area contributed by atoms with E-state index in [0.717, 1.165) is 29.9 Å². The summed E-state index contributed by atoms with van der Waals surface area (Å²) in [4.78, 5) is 51.5. The van der Waals surface area contributed by atoms with Crippen molar-refractivity contribution in [2.24, 2.45) is 0 Å². The Morgan fingerprint density at radius 2 is 1.41 bits per heavy atom. The standard InChI is InChI=1S/C40H41F3N2O9/c1-3-4-5-6-7-22-52-32-19-12-29(13-20-32)39(50)53-33-17-8-27(9-18-33)25-45(26-37(47)48)38(49)28-10-15-31(16-11-28)44-36(46)23-30-14-21-34(24-35(30)51-2)54-40(41,42)43/h8-21,24H,3-7,22-23,25-26H2,1-2H3,(H,44,46)(H,47,48). The van der Waals surface area contributed by atoms with Crippen LogP contribution in [0.4, 0.5) is 18.9 Å². The van der Waals surface area contributed by atoms with Crippen LogP contribution in [0.5, 0.6) is 23.0 Å². The van der Waals surface area contributed by atoms with E-state index in [1.807, 2.05) is 0 Å². The highest BCUT2D eigenvalue weighted by molar-refractivity contribution is 5.97. The number of esters is 1. The summed E-state index contributed by atoms with van der Waals surface area (Å²) in [5.74, 6) is -2.43. The van der Waals surface area contributed by atoms with Gasteiger partial charge in [0, 0.05) is 29.4 Å². The zero-order chi connectivity index (χ0) is 39.1. The molecule has 0 aliphatic carbocycles. The molecule has 0 heterocycles. The molecule has 4 rings (SSSR count). The normalized spacial score (nSPS) is 11.0. The maximum Gasteiger partial charge on any atom is 0.573 e. The minimum Gasteiger partial charge on any atom is -0.496 e. The highest BCUT2D eigenvalue weighted by Crippen LogP contribution is 2.29. The van der Waals surface area contributed by atoms with Gasteiger partial charge >= 0.3 is 18.3 Å². The summed E-state index contributed by atoms with van der Waals surface area (Å²) in [6, 6.07) is 22.1. The average Bonchev–Trinajstić information content (AvgIpc) is 3.13. The van der Waals surface area contributed by atoms with E-state index in [0.29, 0.717) is 34.7 Å². The number of amides is 2. The van der Waals surface area contributed by atoms with Crippen molar-refractivity contribution < 1.29 is 56.4 Å². The minimum absolute atomic E-state index is 0.0253. The summed E-state index contributed by atoms with van der Waals surface area (Å²) in [6.07, 6.45) is 0.532. The van der Waals surface area contributed by atoms with Crippen LogP contribution in [-0.4, -0.2) is 60.4 Å². The molecule has 0 radical (unpaired) electrons. The molecule has 0 aromatic heterocycles. The number of methoxy groups -OCH3 is 1. The van der Waals surface area contributed by atoms with Gasteiger partial charge in [-0.2, -0.15) is 0 Å². The maximum atomic E-state index is 13.4. The van der Waals surface area contributed by atoms with Gasteiger partial charge in [0.05, 0.1) is 25.7 Å². The number of carbonyl (C=O) groups is 4. The Morgan fingerprint density at radius 1 is 0.778 bits per heavy atom. The van der Waals surface area contributed by atoms with Crippen molar-refractivity contribution in [3.63, 3.8) is 0 Å². The predicted octanol–water partition coefficient (Wildman–Crippen LogP) is 8.07. The van der Waals surface area contributed by atoms with Crippen LogP contribution in [-0.2, 0) is 22.6 Å². The molecule has 54 heavy (non-hydrogen) atoms. The molecule has 14 heteroatoms. The summed E-state index contributed by atoms with van der Waals surface area (Å²) in [6.45, 7) is 2.11. The van der Waals surface area contributed by atoms with E-state index in [1.165, 1.54) is 56.7 Å². The molecule has 2 amide bonds. The Bertz CT molecular complexity index is 1860. The molecule has 0 atom stereocenters. The highest BCUT2D eigenvalue weighted by Gasteiger charge is 2.31. The van der Waals surface area contributed by atoms with E-state index in [1.54, 1.807) is 48.5 Å². The molecular weight excluding hydrogens is 709 g/mol. The van der Waals surface area contributed by atoms with E-state index in [2.05, 4.69) is 17.0 Å². The van der Waals surface area contributed by atoms with Crippen LogP contribution in [0.25, 0.3) is 0 Å². The van der Waals surface area contributed by atoms with Crippen molar-refractivity contribution in [2.45, 2.75) is 58.4 Å². The SMILES string of the molecule is CCCCCCCOc1ccc(C(=O)Oc2ccc(CN(CC(=O)O)C(=O)c3ccc(NC(=O)Cc4ccc(OC(F)(F)F)cc4OC)cc3)cc2)cc1. The lowest BCUT2D eigenvalue weighted by atomic mass is 10.1. The van der Waals surface area contributed by atoms with Crippen LogP contribution >= 0.6 is 0 Å². The monoisotopic (exact) mass is 750 g/mol. The highest BCUT2D eigenvalue weighted by atomic mass is 19.4. The van der Waals surface area contributed by atoms with E-state index in [4.69, 9.17) is 14.2 Å². The quantitative estimate of drug-likeness (QED) is 0.0553. The van der Waals surface area contributed by atoms with Gasteiger partial charge in [-0.3, -0.25) is 14.4 Å². The molecule has 4 aromatic carbocycles. The second kappa shape index (κ2) is 19.7. The van der Waals surface area contributed by atoms with Crippen molar-refractivity contribution in [3.8, 4) is 23.0 Å². The molecule has 0 saturated carbocycles. The molecule has 0 aliphatic rings. The second-order valence-electron chi connectivity index (χ2n) is 12.2. The number of nitrogens with one attached hydrogen (secondary N) is 1. The van der Waals surface area contributed by atoms with Gasteiger partial charge < -0.3 is 34.3 Å². The van der Waals surface area contributed by atoms with Crippen LogP contribution in [0.3, 0.4) is 0 Å². The van der Waals surface area contributed by atoms with Gasteiger partial charge in [-0.05, 0) is 78.7 Å². The van der Waals surface area contributed by atoms with Gasteiger partial charge in [-0.15, -0.1) is 13.2 Å². The first-order valence-corrected chi connectivity index (χ1v) is 17.2. The lowest BCUT2D eigenvalue weighted by Crippen LogP contribution is -2.35. The molecule has 2 N–H and O–H groups in total. The Labute approximate surface area is 310 Å². The van der Waals surface area contributed by atoms with E-state index in [-0.39, 0.29) is 30.0 Å². The lowest BCUT2D eigenvalue weighted by Gasteiger charge is -2.21.